The van der Waals surface area contributed by atoms with Gasteiger partial charge in [-0.1, -0.05) is 34.1 Å². The van der Waals surface area contributed by atoms with Crippen LogP contribution < -0.4 is 4.90 Å². The van der Waals surface area contributed by atoms with Gasteiger partial charge in [-0.2, -0.15) is 0 Å². The lowest BCUT2D eigenvalue weighted by molar-refractivity contribution is 0.0697. The van der Waals surface area contributed by atoms with Crippen molar-refractivity contribution in [2.24, 2.45) is 0 Å². The van der Waals surface area contributed by atoms with Gasteiger partial charge in [-0.25, -0.2) is 4.79 Å². The number of hydrogen-bond acceptors (Lipinski definition) is 2. The molecule has 0 spiro atoms. The van der Waals surface area contributed by atoms with Gasteiger partial charge in [0.15, 0.2) is 0 Å². The van der Waals surface area contributed by atoms with Crippen molar-refractivity contribution in [3.05, 3.63) is 64.1 Å². The minimum atomic E-state index is -0.895. The van der Waals surface area contributed by atoms with E-state index in [9.17, 15) is 4.79 Å². The molecule has 0 aliphatic heterocycles. The third kappa shape index (κ3) is 3.84. The van der Waals surface area contributed by atoms with Crippen molar-refractivity contribution >= 4 is 27.6 Å². The number of nitrogens with zero attached hydrogens (tertiary/aromatic N) is 1. The number of halogens is 1. The average molecular weight is 334 g/mol. The molecule has 0 aromatic heterocycles. The molecule has 4 heteroatoms. The number of carboxylic acid groups (broad SMARTS) is 1. The molecule has 2 aromatic rings. The number of aromatic carboxylic acids is 1. The summed E-state index contributed by atoms with van der Waals surface area (Å²) in [6.45, 7) is 0.838. The topological polar surface area (TPSA) is 40.5 Å². The van der Waals surface area contributed by atoms with Crippen LogP contribution in [0.25, 0.3) is 0 Å². The fourth-order valence-corrected chi connectivity index (χ4v) is 2.22. The summed E-state index contributed by atoms with van der Waals surface area (Å²) >= 11 is 3.42. The van der Waals surface area contributed by atoms with Crippen LogP contribution in [0.3, 0.4) is 0 Å². The lowest BCUT2D eigenvalue weighted by Gasteiger charge is -2.19. The maximum absolute atomic E-state index is 11.0. The summed E-state index contributed by atoms with van der Waals surface area (Å²) in [5, 5.41) is 9.00. The molecule has 3 nitrogen and oxygen atoms in total. The highest BCUT2D eigenvalue weighted by Crippen LogP contribution is 2.16. The van der Waals surface area contributed by atoms with Gasteiger partial charge in [-0.3, -0.25) is 0 Å². The smallest absolute Gasteiger partial charge is 0.335 e. The standard InChI is InChI=1S/C16H16BrNO2/c1-18(10-9-12-5-7-14(17)8-6-12)15-4-2-3-13(11-15)16(19)20/h2-8,11H,9-10H2,1H3,(H,19,20). The Labute approximate surface area is 127 Å². The molecule has 2 aromatic carbocycles. The van der Waals surface area contributed by atoms with Crippen LogP contribution in [0.5, 0.6) is 0 Å². The van der Waals surface area contributed by atoms with Crippen LogP contribution in [0.15, 0.2) is 53.0 Å². The molecule has 0 aliphatic carbocycles. The van der Waals surface area contributed by atoms with Crippen LogP contribution in [-0.2, 0) is 6.42 Å². The van der Waals surface area contributed by atoms with E-state index < -0.39 is 5.97 Å². The Hall–Kier alpha value is -1.81. The second-order valence-corrected chi connectivity index (χ2v) is 5.57. The quantitative estimate of drug-likeness (QED) is 0.904. The van der Waals surface area contributed by atoms with Gasteiger partial charge in [-0.15, -0.1) is 0 Å². The van der Waals surface area contributed by atoms with Gasteiger partial charge in [0.25, 0.3) is 0 Å². The molecule has 2 rings (SSSR count). The van der Waals surface area contributed by atoms with Crippen LogP contribution in [0.4, 0.5) is 5.69 Å². The zero-order valence-electron chi connectivity index (χ0n) is 11.2. The van der Waals surface area contributed by atoms with E-state index in [1.54, 1.807) is 18.2 Å². The molecule has 0 fully saturated rings. The Kier molecular flexibility index (Phi) is 4.79. The third-order valence-corrected chi connectivity index (χ3v) is 3.71. The SMILES string of the molecule is CN(CCc1ccc(Br)cc1)c1cccc(C(=O)O)c1. The summed E-state index contributed by atoms with van der Waals surface area (Å²) < 4.78 is 1.07. The van der Waals surface area contributed by atoms with Crippen molar-refractivity contribution in [2.75, 3.05) is 18.5 Å². The Bertz CT molecular complexity index is 596. The zero-order chi connectivity index (χ0) is 14.5. The third-order valence-electron chi connectivity index (χ3n) is 3.18. The van der Waals surface area contributed by atoms with Crippen LogP contribution in [0, 0.1) is 0 Å². The van der Waals surface area contributed by atoms with Gasteiger partial charge in [0.2, 0.25) is 0 Å². The number of carbonyl (C=O) groups is 1. The maximum atomic E-state index is 11.0. The van der Waals surface area contributed by atoms with E-state index in [2.05, 4.69) is 33.0 Å². The molecule has 104 valence electrons. The predicted octanol–water partition coefficient (Wildman–Crippen LogP) is 3.83. The van der Waals surface area contributed by atoms with E-state index in [1.807, 2.05) is 25.2 Å². The zero-order valence-corrected chi connectivity index (χ0v) is 12.8. The van der Waals surface area contributed by atoms with Gasteiger partial charge < -0.3 is 10.0 Å². The molecule has 1 N–H and O–H groups in total. The highest BCUT2D eigenvalue weighted by atomic mass is 79.9. The Morgan fingerprint density at radius 3 is 2.55 bits per heavy atom. The van der Waals surface area contributed by atoms with Crippen LogP contribution in [0.2, 0.25) is 0 Å². The second-order valence-electron chi connectivity index (χ2n) is 4.65. The Morgan fingerprint density at radius 2 is 1.90 bits per heavy atom. The highest BCUT2D eigenvalue weighted by Gasteiger charge is 2.06. The molecule has 20 heavy (non-hydrogen) atoms. The molecule has 0 heterocycles. The van der Waals surface area contributed by atoms with Crippen LogP contribution >= 0.6 is 15.9 Å². The monoisotopic (exact) mass is 333 g/mol. The van der Waals surface area contributed by atoms with Crippen LogP contribution in [0.1, 0.15) is 15.9 Å². The summed E-state index contributed by atoms with van der Waals surface area (Å²) in [6.07, 6.45) is 0.918. The van der Waals surface area contributed by atoms with Gasteiger partial charge in [0, 0.05) is 23.8 Å². The molecule has 0 saturated carbocycles. The summed E-state index contributed by atoms with van der Waals surface area (Å²) in [6, 6.07) is 15.2. The molecule has 0 aliphatic rings. The van der Waals surface area contributed by atoms with Crippen molar-refractivity contribution < 1.29 is 9.90 Å². The first-order chi connectivity index (χ1) is 9.56. The average Bonchev–Trinajstić information content (AvgIpc) is 2.46. The fourth-order valence-electron chi connectivity index (χ4n) is 1.95. The van der Waals surface area contributed by atoms with Crippen LogP contribution in [-0.4, -0.2) is 24.7 Å². The number of carboxylic acids is 1. The van der Waals surface area contributed by atoms with Crippen molar-refractivity contribution in [1.29, 1.82) is 0 Å². The van der Waals surface area contributed by atoms with Crippen molar-refractivity contribution in [1.82, 2.24) is 0 Å². The largest absolute Gasteiger partial charge is 0.478 e. The number of hydrogen-bond donors (Lipinski definition) is 1. The van der Waals surface area contributed by atoms with Gasteiger partial charge in [0.05, 0.1) is 5.56 Å². The summed E-state index contributed by atoms with van der Waals surface area (Å²) in [4.78, 5) is 13.0. The maximum Gasteiger partial charge on any atom is 0.335 e. The van der Waals surface area contributed by atoms with E-state index in [0.717, 1.165) is 23.1 Å². The van der Waals surface area contributed by atoms with Gasteiger partial charge in [-0.05, 0) is 42.3 Å². The van der Waals surface area contributed by atoms with E-state index in [1.165, 1.54) is 5.56 Å². The summed E-state index contributed by atoms with van der Waals surface area (Å²) in [5.74, 6) is -0.895. The summed E-state index contributed by atoms with van der Waals surface area (Å²) in [5.41, 5.74) is 2.49. The Balaban J connectivity index is 2.01. The molecular formula is C16H16BrNO2. The Morgan fingerprint density at radius 1 is 1.20 bits per heavy atom. The van der Waals surface area contributed by atoms with E-state index in [-0.39, 0.29) is 0 Å². The van der Waals surface area contributed by atoms with Crippen molar-refractivity contribution in [2.45, 2.75) is 6.42 Å². The van der Waals surface area contributed by atoms with E-state index in [4.69, 9.17) is 5.11 Å². The summed E-state index contributed by atoms with van der Waals surface area (Å²) in [7, 11) is 1.97. The first kappa shape index (κ1) is 14.6. The van der Waals surface area contributed by atoms with Crippen molar-refractivity contribution in [3.8, 4) is 0 Å². The first-order valence-corrected chi connectivity index (χ1v) is 7.14. The highest BCUT2D eigenvalue weighted by molar-refractivity contribution is 9.10. The first-order valence-electron chi connectivity index (χ1n) is 6.35. The van der Waals surface area contributed by atoms with E-state index >= 15 is 0 Å². The van der Waals surface area contributed by atoms with Gasteiger partial charge >= 0.3 is 5.97 Å². The number of rotatable bonds is 5. The van der Waals surface area contributed by atoms with E-state index in [0.29, 0.717) is 5.56 Å². The molecule has 0 atom stereocenters. The van der Waals surface area contributed by atoms with Gasteiger partial charge in [0.1, 0.15) is 0 Å². The lowest BCUT2D eigenvalue weighted by Crippen LogP contribution is -2.20. The number of likely N-dealkylation sites (N-methyl/N-ethyl adjacent to an activating group) is 1. The number of benzene rings is 2. The molecule has 0 saturated heterocycles. The molecule has 0 unspecified atom stereocenters. The molecular weight excluding hydrogens is 318 g/mol. The predicted molar refractivity (Wildman–Crippen MR) is 84.5 cm³/mol. The normalized spacial score (nSPS) is 10.3. The fraction of sp³-hybridized carbons (Fsp3) is 0.188. The minimum absolute atomic E-state index is 0.318. The molecule has 0 amide bonds. The second kappa shape index (κ2) is 6.57. The van der Waals surface area contributed by atoms with Crippen molar-refractivity contribution in [3.63, 3.8) is 0 Å². The lowest BCUT2D eigenvalue weighted by atomic mass is 10.1. The minimum Gasteiger partial charge on any atom is -0.478 e. The molecule has 0 radical (unpaired) electrons. The molecule has 0 bridgehead atoms. The number of anilines is 1.